The molecule has 4 rings (SSSR count). The highest BCUT2D eigenvalue weighted by molar-refractivity contribution is 7.98. The van der Waals surface area contributed by atoms with Gasteiger partial charge in [-0.2, -0.15) is 8.78 Å². The number of thioether (sulfide) groups is 1. The van der Waals surface area contributed by atoms with Crippen molar-refractivity contribution < 1.29 is 13.5 Å². The van der Waals surface area contributed by atoms with Gasteiger partial charge in [0.1, 0.15) is 5.75 Å². The summed E-state index contributed by atoms with van der Waals surface area (Å²) in [7, 11) is 0. The Hall–Kier alpha value is -2.48. The fraction of sp³-hybridized carbons (Fsp3) is 0.278. The zero-order chi connectivity index (χ0) is 17.9. The molecule has 1 aliphatic carbocycles. The molecule has 1 aliphatic rings. The summed E-state index contributed by atoms with van der Waals surface area (Å²) in [6.07, 6.45) is 5.66. The Kier molecular flexibility index (Phi) is 4.83. The lowest BCUT2D eigenvalue weighted by molar-refractivity contribution is -0.0503. The van der Waals surface area contributed by atoms with Crippen molar-refractivity contribution in [2.75, 3.05) is 0 Å². The second kappa shape index (κ2) is 7.41. The van der Waals surface area contributed by atoms with E-state index in [1.807, 2.05) is 12.1 Å². The summed E-state index contributed by atoms with van der Waals surface area (Å²) >= 11 is 1.47. The minimum Gasteiger partial charge on any atom is -0.435 e. The number of benzene rings is 1. The number of hydrogen-bond donors (Lipinski definition) is 0. The Morgan fingerprint density at radius 3 is 2.73 bits per heavy atom. The van der Waals surface area contributed by atoms with Crippen molar-refractivity contribution in [2.24, 2.45) is 0 Å². The van der Waals surface area contributed by atoms with Crippen LogP contribution >= 0.6 is 11.8 Å². The standard InChI is InChI=1S/C18H16F2N4OS/c19-17(20)25-15-6-2-1-4-13(15)11-26-18-23-22-16(24(18)14-7-8-14)12-5-3-9-21-10-12/h1-6,9-10,14,17H,7-8,11H2. The maximum atomic E-state index is 12.6. The fourth-order valence-electron chi connectivity index (χ4n) is 2.71. The van der Waals surface area contributed by atoms with Gasteiger partial charge in [0.2, 0.25) is 0 Å². The Morgan fingerprint density at radius 1 is 1.15 bits per heavy atom. The van der Waals surface area contributed by atoms with Gasteiger partial charge in [-0.1, -0.05) is 30.0 Å². The van der Waals surface area contributed by atoms with E-state index in [4.69, 9.17) is 0 Å². The number of aromatic nitrogens is 4. The van der Waals surface area contributed by atoms with E-state index >= 15 is 0 Å². The summed E-state index contributed by atoms with van der Waals surface area (Å²) in [4.78, 5) is 4.15. The van der Waals surface area contributed by atoms with Gasteiger partial charge in [-0.05, 0) is 31.0 Å². The van der Waals surface area contributed by atoms with Crippen LogP contribution in [0.4, 0.5) is 8.78 Å². The maximum Gasteiger partial charge on any atom is 0.387 e. The SMILES string of the molecule is FC(F)Oc1ccccc1CSc1nnc(-c2cccnc2)n1C1CC1. The molecule has 0 N–H and O–H groups in total. The number of halogens is 2. The third-order valence-corrected chi connectivity index (χ3v) is 5.03. The predicted molar refractivity (Wildman–Crippen MR) is 94.2 cm³/mol. The molecule has 8 heteroatoms. The third-order valence-electron chi connectivity index (χ3n) is 4.04. The lowest BCUT2D eigenvalue weighted by Crippen LogP contribution is -2.04. The zero-order valence-electron chi connectivity index (χ0n) is 13.8. The van der Waals surface area contributed by atoms with Crippen LogP contribution in [0, 0.1) is 0 Å². The molecule has 1 saturated carbocycles. The predicted octanol–water partition coefficient (Wildman–Crippen LogP) is 4.57. The molecule has 0 aliphatic heterocycles. The maximum absolute atomic E-state index is 12.6. The molecule has 134 valence electrons. The van der Waals surface area contributed by atoms with Gasteiger partial charge in [0.05, 0.1) is 0 Å². The van der Waals surface area contributed by atoms with Crippen molar-refractivity contribution in [1.29, 1.82) is 0 Å². The molecular weight excluding hydrogens is 358 g/mol. The topological polar surface area (TPSA) is 52.8 Å². The van der Waals surface area contributed by atoms with Crippen LogP contribution in [0.3, 0.4) is 0 Å². The first-order chi connectivity index (χ1) is 12.7. The van der Waals surface area contributed by atoms with E-state index < -0.39 is 6.61 Å². The normalized spacial score (nSPS) is 14.0. The van der Waals surface area contributed by atoms with Crippen molar-refractivity contribution in [3.05, 3.63) is 54.4 Å². The monoisotopic (exact) mass is 374 g/mol. The second-order valence-electron chi connectivity index (χ2n) is 5.92. The van der Waals surface area contributed by atoms with E-state index in [0.717, 1.165) is 29.4 Å². The lowest BCUT2D eigenvalue weighted by Gasteiger charge is -2.11. The van der Waals surface area contributed by atoms with Crippen LogP contribution < -0.4 is 4.74 Å². The van der Waals surface area contributed by atoms with Gasteiger partial charge in [0.25, 0.3) is 0 Å². The van der Waals surface area contributed by atoms with Crippen molar-refractivity contribution in [2.45, 2.75) is 36.4 Å². The molecule has 3 aromatic rings. The van der Waals surface area contributed by atoms with Crippen molar-refractivity contribution in [3.8, 4) is 17.1 Å². The van der Waals surface area contributed by atoms with Gasteiger partial charge in [-0.15, -0.1) is 10.2 Å². The number of para-hydroxylation sites is 1. The fourth-order valence-corrected chi connectivity index (χ4v) is 3.70. The van der Waals surface area contributed by atoms with E-state index in [2.05, 4.69) is 24.5 Å². The number of nitrogens with zero attached hydrogens (tertiary/aromatic N) is 4. The smallest absolute Gasteiger partial charge is 0.387 e. The molecule has 0 spiro atoms. The van der Waals surface area contributed by atoms with Gasteiger partial charge in [-0.3, -0.25) is 9.55 Å². The Labute approximate surface area is 153 Å². The molecule has 0 radical (unpaired) electrons. The van der Waals surface area contributed by atoms with Gasteiger partial charge in [0, 0.05) is 35.3 Å². The lowest BCUT2D eigenvalue weighted by atomic mass is 10.2. The molecule has 5 nitrogen and oxygen atoms in total. The number of ether oxygens (including phenoxy) is 1. The van der Waals surface area contributed by atoms with Crippen molar-refractivity contribution >= 4 is 11.8 Å². The average Bonchev–Trinajstić information content (AvgIpc) is 3.40. The summed E-state index contributed by atoms with van der Waals surface area (Å²) in [6, 6.07) is 11.0. The highest BCUT2D eigenvalue weighted by Gasteiger charge is 2.30. The molecule has 1 aromatic carbocycles. The van der Waals surface area contributed by atoms with E-state index in [9.17, 15) is 8.78 Å². The van der Waals surface area contributed by atoms with Crippen molar-refractivity contribution in [1.82, 2.24) is 19.7 Å². The van der Waals surface area contributed by atoms with E-state index in [0.29, 0.717) is 17.4 Å². The summed E-state index contributed by atoms with van der Waals surface area (Å²) in [5.74, 6) is 1.46. The van der Waals surface area contributed by atoms with Crippen LogP contribution in [0.25, 0.3) is 11.4 Å². The number of hydrogen-bond acceptors (Lipinski definition) is 5. The van der Waals surface area contributed by atoms with E-state index in [1.54, 1.807) is 36.7 Å². The minimum atomic E-state index is -2.84. The van der Waals surface area contributed by atoms with Crippen LogP contribution in [0.5, 0.6) is 5.75 Å². The molecule has 26 heavy (non-hydrogen) atoms. The summed E-state index contributed by atoms with van der Waals surface area (Å²) in [5.41, 5.74) is 1.62. The van der Waals surface area contributed by atoms with Crippen LogP contribution in [0.1, 0.15) is 24.4 Å². The van der Waals surface area contributed by atoms with Crippen LogP contribution in [-0.2, 0) is 5.75 Å². The van der Waals surface area contributed by atoms with Gasteiger partial charge >= 0.3 is 6.61 Å². The highest BCUT2D eigenvalue weighted by Crippen LogP contribution is 2.41. The molecular formula is C18H16F2N4OS. The van der Waals surface area contributed by atoms with Crippen LogP contribution in [0.2, 0.25) is 0 Å². The second-order valence-corrected chi connectivity index (χ2v) is 6.87. The first-order valence-electron chi connectivity index (χ1n) is 8.23. The molecule has 2 heterocycles. The highest BCUT2D eigenvalue weighted by atomic mass is 32.2. The molecule has 0 saturated heterocycles. The Morgan fingerprint density at radius 2 is 2.00 bits per heavy atom. The first kappa shape index (κ1) is 17.0. The third kappa shape index (κ3) is 3.70. The number of alkyl halides is 2. The van der Waals surface area contributed by atoms with E-state index in [1.165, 1.54) is 11.8 Å². The van der Waals surface area contributed by atoms with E-state index in [-0.39, 0.29) is 5.75 Å². The Bertz CT molecular complexity index is 884. The molecule has 2 aromatic heterocycles. The first-order valence-corrected chi connectivity index (χ1v) is 9.22. The Balaban J connectivity index is 1.57. The largest absolute Gasteiger partial charge is 0.435 e. The zero-order valence-corrected chi connectivity index (χ0v) is 14.6. The molecule has 1 fully saturated rings. The molecule has 0 atom stereocenters. The molecule has 0 amide bonds. The molecule has 0 unspecified atom stereocenters. The number of rotatable bonds is 7. The summed E-state index contributed by atoms with van der Waals surface area (Å²) in [5, 5.41) is 9.43. The number of pyridine rings is 1. The summed E-state index contributed by atoms with van der Waals surface area (Å²) < 4.78 is 31.9. The van der Waals surface area contributed by atoms with Crippen LogP contribution in [0.15, 0.2) is 53.9 Å². The van der Waals surface area contributed by atoms with Gasteiger partial charge in [-0.25, -0.2) is 0 Å². The molecule has 0 bridgehead atoms. The minimum absolute atomic E-state index is 0.194. The van der Waals surface area contributed by atoms with Gasteiger partial charge in [0.15, 0.2) is 11.0 Å². The van der Waals surface area contributed by atoms with Crippen molar-refractivity contribution in [3.63, 3.8) is 0 Å². The average molecular weight is 374 g/mol. The summed E-state index contributed by atoms with van der Waals surface area (Å²) in [6.45, 7) is -2.84. The van der Waals surface area contributed by atoms with Gasteiger partial charge < -0.3 is 4.74 Å². The quantitative estimate of drug-likeness (QED) is 0.567. The van der Waals surface area contributed by atoms with Crippen LogP contribution in [-0.4, -0.2) is 26.4 Å².